The van der Waals surface area contributed by atoms with Crippen LogP contribution in [-0.4, -0.2) is 17.0 Å². The highest BCUT2D eigenvalue weighted by molar-refractivity contribution is 5.76. The molecule has 1 N–H and O–H groups in total. The minimum Gasteiger partial charge on any atom is -0.550 e. The zero-order valence-electron chi connectivity index (χ0n) is 11.7. The Hall–Kier alpha value is -1.06. The summed E-state index contributed by atoms with van der Waals surface area (Å²) in [6, 6.07) is 0. The smallest absolute Gasteiger partial charge is 0.306 e. The monoisotopic (exact) mass is 257 g/mol. The topological polar surface area (TPSA) is 77.4 Å². The number of carboxylic acids is 2. The van der Waals surface area contributed by atoms with E-state index in [9.17, 15) is 14.7 Å². The number of hydrogen-bond acceptors (Lipinski definition) is 3. The molecule has 0 saturated heterocycles. The molecule has 106 valence electrons. The fourth-order valence-corrected chi connectivity index (χ4v) is 2.06. The molecule has 0 rings (SSSR count). The maximum Gasteiger partial charge on any atom is 0.306 e. The van der Waals surface area contributed by atoms with Crippen LogP contribution in [0.5, 0.6) is 0 Å². The summed E-state index contributed by atoms with van der Waals surface area (Å²) in [5.74, 6) is -3.12. The first-order valence-electron chi connectivity index (χ1n) is 6.77. The Morgan fingerprint density at radius 1 is 1.22 bits per heavy atom. The van der Waals surface area contributed by atoms with Gasteiger partial charge in [-0.25, -0.2) is 0 Å². The van der Waals surface area contributed by atoms with Crippen LogP contribution >= 0.6 is 0 Å². The molecule has 0 saturated carbocycles. The van der Waals surface area contributed by atoms with E-state index >= 15 is 0 Å². The van der Waals surface area contributed by atoms with Gasteiger partial charge in [-0.3, -0.25) is 4.79 Å². The molecular weight excluding hydrogens is 232 g/mol. The van der Waals surface area contributed by atoms with E-state index in [4.69, 9.17) is 5.11 Å². The third kappa shape index (κ3) is 6.62. The predicted octanol–water partition coefficient (Wildman–Crippen LogP) is 2.21. The first kappa shape index (κ1) is 16.9. The first-order chi connectivity index (χ1) is 8.34. The maximum absolute atomic E-state index is 10.8. The van der Waals surface area contributed by atoms with Gasteiger partial charge in [0.1, 0.15) is 0 Å². The molecule has 0 aromatic rings. The summed E-state index contributed by atoms with van der Waals surface area (Å²) in [5.41, 5.74) is 0.326. The quantitative estimate of drug-likeness (QED) is 0.609. The van der Waals surface area contributed by atoms with Gasteiger partial charge in [-0.15, -0.1) is 0 Å². The van der Waals surface area contributed by atoms with Crippen LogP contribution < -0.4 is 5.11 Å². The number of carboxylic acid groups (broad SMARTS) is 2. The van der Waals surface area contributed by atoms with Gasteiger partial charge in [-0.2, -0.15) is 0 Å². The second-order valence-corrected chi connectivity index (χ2v) is 5.37. The van der Waals surface area contributed by atoms with Crippen LogP contribution in [0.15, 0.2) is 0 Å². The van der Waals surface area contributed by atoms with Crippen molar-refractivity contribution in [2.24, 2.45) is 11.3 Å². The van der Waals surface area contributed by atoms with Crippen LogP contribution in [0.2, 0.25) is 0 Å². The van der Waals surface area contributed by atoms with Crippen molar-refractivity contribution >= 4 is 11.9 Å². The molecule has 0 aliphatic heterocycles. The van der Waals surface area contributed by atoms with E-state index in [1.165, 1.54) is 0 Å². The molecule has 0 amide bonds. The van der Waals surface area contributed by atoms with Crippen molar-refractivity contribution in [1.29, 1.82) is 0 Å². The Morgan fingerprint density at radius 3 is 2.17 bits per heavy atom. The van der Waals surface area contributed by atoms with Crippen molar-refractivity contribution < 1.29 is 19.8 Å². The van der Waals surface area contributed by atoms with Gasteiger partial charge in [0.25, 0.3) is 0 Å². The Kier molecular flexibility index (Phi) is 7.64. The highest BCUT2D eigenvalue weighted by Crippen LogP contribution is 2.32. The molecule has 0 aromatic heterocycles. The Morgan fingerprint density at radius 2 is 1.78 bits per heavy atom. The van der Waals surface area contributed by atoms with Crippen LogP contribution in [0, 0.1) is 11.3 Å². The number of unbranched alkanes of at least 4 members (excludes halogenated alkanes) is 1. The number of carbonyl (C=O) groups excluding carboxylic acids is 1. The Labute approximate surface area is 109 Å². The van der Waals surface area contributed by atoms with Gasteiger partial charge in [0.05, 0.1) is 5.92 Å². The van der Waals surface area contributed by atoms with Gasteiger partial charge >= 0.3 is 5.97 Å². The molecule has 4 nitrogen and oxygen atoms in total. The van der Waals surface area contributed by atoms with Gasteiger partial charge < -0.3 is 15.0 Å². The molecule has 1 unspecified atom stereocenters. The van der Waals surface area contributed by atoms with Crippen molar-refractivity contribution in [3.8, 4) is 0 Å². The van der Waals surface area contributed by atoms with E-state index < -0.39 is 17.9 Å². The van der Waals surface area contributed by atoms with Crippen LogP contribution in [0.3, 0.4) is 0 Å². The lowest BCUT2D eigenvalue weighted by Gasteiger charge is -2.26. The number of hydrogen-bond donors (Lipinski definition) is 1. The molecule has 0 fully saturated rings. The van der Waals surface area contributed by atoms with Gasteiger partial charge in [-0.05, 0) is 18.3 Å². The highest BCUT2D eigenvalue weighted by Gasteiger charge is 2.20. The molecular formula is C14H25O4-. The van der Waals surface area contributed by atoms with Gasteiger partial charge in [-0.1, -0.05) is 46.5 Å². The van der Waals surface area contributed by atoms with E-state index in [1.807, 2.05) is 0 Å². The first-order valence-corrected chi connectivity index (χ1v) is 6.77. The van der Waals surface area contributed by atoms with Crippen molar-refractivity contribution in [2.45, 2.75) is 65.7 Å². The largest absolute Gasteiger partial charge is 0.550 e. The molecule has 0 spiro atoms. The summed E-state index contributed by atoms with van der Waals surface area (Å²) in [5, 5.41) is 19.3. The van der Waals surface area contributed by atoms with Gasteiger partial charge in [0, 0.05) is 12.4 Å². The third-order valence-electron chi connectivity index (χ3n) is 4.05. The Bertz CT molecular complexity index is 269. The van der Waals surface area contributed by atoms with Crippen LogP contribution in [-0.2, 0) is 9.59 Å². The number of rotatable bonds is 10. The minimum atomic E-state index is -1.28. The second kappa shape index (κ2) is 8.11. The molecule has 1 atom stereocenters. The zero-order chi connectivity index (χ0) is 14.2. The number of carbonyl (C=O) groups is 2. The fraction of sp³-hybridized carbons (Fsp3) is 0.857. The van der Waals surface area contributed by atoms with Crippen LogP contribution in [0.1, 0.15) is 65.7 Å². The zero-order valence-corrected chi connectivity index (χ0v) is 11.7. The fourth-order valence-electron chi connectivity index (χ4n) is 2.06. The van der Waals surface area contributed by atoms with Crippen molar-refractivity contribution in [3.05, 3.63) is 0 Å². The molecule has 0 aliphatic carbocycles. The lowest BCUT2D eigenvalue weighted by atomic mass is 9.79. The van der Waals surface area contributed by atoms with Crippen molar-refractivity contribution in [1.82, 2.24) is 0 Å². The minimum absolute atomic E-state index is 0.326. The molecule has 18 heavy (non-hydrogen) atoms. The summed E-state index contributed by atoms with van der Waals surface area (Å²) in [6.07, 6.45) is 5.06. The van der Waals surface area contributed by atoms with E-state index in [-0.39, 0.29) is 6.42 Å². The summed E-state index contributed by atoms with van der Waals surface area (Å²) in [6.45, 7) is 6.57. The molecule has 4 heteroatoms. The highest BCUT2D eigenvalue weighted by atomic mass is 16.4. The van der Waals surface area contributed by atoms with Gasteiger partial charge in [0.15, 0.2) is 0 Å². The second-order valence-electron chi connectivity index (χ2n) is 5.37. The Balaban J connectivity index is 4.00. The molecule has 0 heterocycles. The summed E-state index contributed by atoms with van der Waals surface area (Å²) >= 11 is 0. The predicted molar refractivity (Wildman–Crippen MR) is 67.9 cm³/mol. The molecule has 0 bridgehead atoms. The molecule has 0 radical (unpaired) electrons. The average molecular weight is 257 g/mol. The maximum atomic E-state index is 10.8. The third-order valence-corrected chi connectivity index (χ3v) is 4.05. The summed E-state index contributed by atoms with van der Waals surface area (Å²) in [7, 11) is 0. The standard InChI is InChI=1S/C14H26O4/c1-4-14(3,5-2)9-7-6-8-11(13(17)18)10-12(15)16/h11H,4-10H2,1-3H3,(H,15,16)(H,17,18)/p-1. The van der Waals surface area contributed by atoms with E-state index in [2.05, 4.69) is 20.8 Å². The normalized spacial score (nSPS) is 13.3. The van der Waals surface area contributed by atoms with Crippen molar-refractivity contribution in [3.63, 3.8) is 0 Å². The lowest BCUT2D eigenvalue weighted by molar-refractivity contribution is -0.306. The average Bonchev–Trinajstić information content (AvgIpc) is 2.32. The summed E-state index contributed by atoms with van der Waals surface area (Å²) in [4.78, 5) is 21.3. The van der Waals surface area contributed by atoms with Gasteiger partial charge in [0.2, 0.25) is 0 Å². The van der Waals surface area contributed by atoms with E-state index in [1.54, 1.807) is 0 Å². The van der Waals surface area contributed by atoms with Crippen molar-refractivity contribution in [2.75, 3.05) is 0 Å². The molecule has 0 aromatic carbocycles. The number of aliphatic carboxylic acids is 2. The van der Waals surface area contributed by atoms with Crippen LogP contribution in [0.25, 0.3) is 0 Å². The van der Waals surface area contributed by atoms with E-state index in [0.717, 1.165) is 32.1 Å². The molecule has 0 aliphatic rings. The SMILES string of the molecule is CCC(C)(CC)CCCCC(CC(=O)[O-])C(=O)O. The lowest BCUT2D eigenvalue weighted by Crippen LogP contribution is -2.28. The van der Waals surface area contributed by atoms with Crippen LogP contribution in [0.4, 0.5) is 0 Å². The van der Waals surface area contributed by atoms with E-state index in [0.29, 0.717) is 11.8 Å². The summed E-state index contributed by atoms with van der Waals surface area (Å²) < 4.78 is 0.